The summed E-state index contributed by atoms with van der Waals surface area (Å²) < 4.78 is 7.04. The lowest BCUT2D eigenvalue weighted by Crippen LogP contribution is -2.41. The fraction of sp³-hybridized carbons (Fsp3) is 0.474. The molecule has 1 aliphatic rings. The number of carbonyl (C=O) groups is 3. The molecule has 2 aromatic rings. The maximum absolute atomic E-state index is 12.6. The zero-order chi connectivity index (χ0) is 20.3. The number of rotatable bonds is 6. The third-order valence-corrected chi connectivity index (χ3v) is 4.99. The fourth-order valence-electron chi connectivity index (χ4n) is 3.35. The molecule has 0 spiro atoms. The number of amides is 2. The predicted molar refractivity (Wildman–Crippen MR) is 99.2 cm³/mol. The van der Waals surface area contributed by atoms with Crippen molar-refractivity contribution in [3.63, 3.8) is 0 Å². The number of nitrogens with one attached hydrogen (secondary N) is 1. The van der Waals surface area contributed by atoms with Gasteiger partial charge in [-0.1, -0.05) is 6.92 Å². The highest BCUT2D eigenvalue weighted by atomic mass is 16.4. The number of likely N-dealkylation sites (tertiary alicyclic amines) is 1. The van der Waals surface area contributed by atoms with Crippen LogP contribution in [0.15, 0.2) is 22.9 Å². The number of aromatic carboxylic acids is 1. The van der Waals surface area contributed by atoms with Crippen molar-refractivity contribution >= 4 is 17.8 Å². The Kier molecular flexibility index (Phi) is 5.81. The molecule has 150 valence electrons. The molecule has 0 unspecified atom stereocenters. The lowest BCUT2D eigenvalue weighted by molar-refractivity contribution is 0.0650. The first-order valence-corrected chi connectivity index (χ1v) is 9.31. The van der Waals surface area contributed by atoms with Crippen LogP contribution in [-0.2, 0) is 13.5 Å². The van der Waals surface area contributed by atoms with E-state index in [1.165, 1.54) is 12.3 Å². The first-order chi connectivity index (χ1) is 13.4. The predicted octanol–water partition coefficient (Wildman–Crippen LogP) is 1.56. The van der Waals surface area contributed by atoms with Crippen LogP contribution in [0.25, 0.3) is 0 Å². The minimum atomic E-state index is -1.09. The first-order valence-electron chi connectivity index (χ1n) is 9.31. The van der Waals surface area contributed by atoms with Gasteiger partial charge in [0.05, 0.1) is 11.8 Å². The Balaban J connectivity index is 1.51. The van der Waals surface area contributed by atoms with Gasteiger partial charge in [0.1, 0.15) is 11.3 Å². The molecule has 0 atom stereocenters. The average molecular weight is 388 g/mol. The van der Waals surface area contributed by atoms with E-state index in [1.54, 1.807) is 29.7 Å². The molecule has 28 heavy (non-hydrogen) atoms. The van der Waals surface area contributed by atoms with Crippen LogP contribution in [0.5, 0.6) is 0 Å². The zero-order valence-corrected chi connectivity index (χ0v) is 16.0. The summed E-state index contributed by atoms with van der Waals surface area (Å²) in [6.45, 7) is 3.40. The van der Waals surface area contributed by atoms with Gasteiger partial charge in [-0.15, -0.1) is 0 Å². The summed E-state index contributed by atoms with van der Waals surface area (Å²) in [6, 6.07) is 1.31. The van der Waals surface area contributed by atoms with E-state index in [-0.39, 0.29) is 29.1 Å². The Morgan fingerprint density at radius 2 is 2.04 bits per heavy atom. The molecule has 0 aliphatic carbocycles. The van der Waals surface area contributed by atoms with E-state index < -0.39 is 5.97 Å². The van der Waals surface area contributed by atoms with Crippen molar-refractivity contribution in [1.29, 1.82) is 0 Å². The Labute approximate surface area is 162 Å². The van der Waals surface area contributed by atoms with Crippen LogP contribution in [0.2, 0.25) is 0 Å². The van der Waals surface area contributed by atoms with Gasteiger partial charge in [-0.05, 0) is 18.8 Å². The SMILES string of the molecule is CCc1oc(C(=O)N2CCC(CNC(=O)c3cnn(C)c3)CC2)cc1C(=O)O. The number of nitrogens with zero attached hydrogens (tertiary/aromatic N) is 3. The van der Waals surface area contributed by atoms with Crippen molar-refractivity contribution in [3.05, 3.63) is 41.1 Å². The number of furan rings is 1. The monoisotopic (exact) mass is 388 g/mol. The first kappa shape index (κ1) is 19.7. The standard InChI is InChI=1S/C19H24N4O5/c1-3-15-14(19(26)27)8-16(28-15)18(25)23-6-4-12(5-7-23)9-20-17(24)13-10-21-22(2)11-13/h8,10-12H,3-7,9H2,1-2H3,(H,20,24)(H,26,27). The number of carboxylic acids is 1. The van der Waals surface area contributed by atoms with Crippen molar-refractivity contribution in [1.82, 2.24) is 20.0 Å². The summed E-state index contributed by atoms with van der Waals surface area (Å²) in [7, 11) is 1.76. The lowest BCUT2D eigenvalue weighted by Gasteiger charge is -2.31. The number of aryl methyl sites for hydroxylation is 2. The summed E-state index contributed by atoms with van der Waals surface area (Å²) in [6.07, 6.45) is 5.11. The topological polar surface area (TPSA) is 118 Å². The third kappa shape index (κ3) is 4.24. The molecule has 1 fully saturated rings. The summed E-state index contributed by atoms with van der Waals surface area (Å²) in [5.41, 5.74) is 0.563. The smallest absolute Gasteiger partial charge is 0.339 e. The van der Waals surface area contributed by atoms with E-state index in [2.05, 4.69) is 10.4 Å². The van der Waals surface area contributed by atoms with Crippen LogP contribution in [0, 0.1) is 5.92 Å². The molecule has 2 aromatic heterocycles. The summed E-state index contributed by atoms with van der Waals surface area (Å²) >= 11 is 0. The van der Waals surface area contributed by atoms with Gasteiger partial charge in [-0.2, -0.15) is 5.10 Å². The van der Waals surface area contributed by atoms with Crippen LogP contribution >= 0.6 is 0 Å². The molecule has 2 amide bonds. The van der Waals surface area contributed by atoms with E-state index in [9.17, 15) is 19.5 Å². The molecule has 3 heterocycles. The molecule has 1 aliphatic heterocycles. The molecule has 9 nitrogen and oxygen atoms in total. The molecule has 2 N–H and O–H groups in total. The second-order valence-electron chi connectivity index (χ2n) is 6.95. The third-order valence-electron chi connectivity index (χ3n) is 4.99. The second kappa shape index (κ2) is 8.28. The van der Waals surface area contributed by atoms with E-state index in [1.807, 2.05) is 0 Å². The van der Waals surface area contributed by atoms with Crippen LogP contribution in [0.3, 0.4) is 0 Å². The number of hydrogen-bond donors (Lipinski definition) is 2. The van der Waals surface area contributed by atoms with E-state index in [4.69, 9.17) is 4.42 Å². The number of hydrogen-bond acceptors (Lipinski definition) is 5. The molecule has 0 saturated carbocycles. The molecule has 3 rings (SSSR count). The lowest BCUT2D eigenvalue weighted by atomic mass is 9.96. The van der Waals surface area contributed by atoms with Gasteiger partial charge in [-0.25, -0.2) is 4.79 Å². The average Bonchev–Trinajstić information content (AvgIpc) is 3.32. The van der Waals surface area contributed by atoms with Crippen molar-refractivity contribution in [2.75, 3.05) is 19.6 Å². The van der Waals surface area contributed by atoms with E-state index in [0.29, 0.717) is 37.4 Å². The molecule has 0 aromatic carbocycles. The summed E-state index contributed by atoms with van der Waals surface area (Å²) in [5.74, 6) is -0.887. The van der Waals surface area contributed by atoms with E-state index >= 15 is 0 Å². The second-order valence-corrected chi connectivity index (χ2v) is 6.95. The highest BCUT2D eigenvalue weighted by molar-refractivity contribution is 5.96. The van der Waals surface area contributed by atoms with Gasteiger partial charge >= 0.3 is 5.97 Å². The van der Waals surface area contributed by atoms with Crippen LogP contribution in [0.1, 0.15) is 56.8 Å². The highest BCUT2D eigenvalue weighted by Gasteiger charge is 2.28. The quantitative estimate of drug-likeness (QED) is 0.775. The largest absolute Gasteiger partial charge is 0.478 e. The van der Waals surface area contributed by atoms with Gasteiger partial charge in [0.25, 0.3) is 11.8 Å². The minimum absolute atomic E-state index is 0.0406. The summed E-state index contributed by atoms with van der Waals surface area (Å²) in [4.78, 5) is 37.6. The number of carboxylic acid groups (broad SMARTS) is 1. The Morgan fingerprint density at radius 3 is 2.57 bits per heavy atom. The zero-order valence-electron chi connectivity index (χ0n) is 16.0. The van der Waals surface area contributed by atoms with Crippen molar-refractivity contribution in [2.45, 2.75) is 26.2 Å². The minimum Gasteiger partial charge on any atom is -0.478 e. The molecule has 9 heteroatoms. The van der Waals surface area contributed by atoms with Crippen molar-refractivity contribution in [2.24, 2.45) is 13.0 Å². The fourth-order valence-corrected chi connectivity index (χ4v) is 3.35. The van der Waals surface area contributed by atoms with Crippen molar-refractivity contribution < 1.29 is 23.9 Å². The van der Waals surface area contributed by atoms with Crippen molar-refractivity contribution in [3.8, 4) is 0 Å². The maximum Gasteiger partial charge on any atom is 0.339 e. The van der Waals surface area contributed by atoms with Gasteiger partial charge in [-0.3, -0.25) is 14.3 Å². The molecular formula is C19H24N4O5. The van der Waals surface area contributed by atoms with Gasteiger partial charge in [0.15, 0.2) is 5.76 Å². The Hall–Kier alpha value is -3.10. The van der Waals surface area contributed by atoms with Gasteiger partial charge in [0.2, 0.25) is 0 Å². The van der Waals surface area contributed by atoms with Gasteiger partial charge < -0.3 is 19.7 Å². The van der Waals surface area contributed by atoms with Crippen LogP contribution in [0.4, 0.5) is 0 Å². The molecule has 0 bridgehead atoms. The highest BCUT2D eigenvalue weighted by Crippen LogP contribution is 2.22. The van der Waals surface area contributed by atoms with Crippen LogP contribution in [-0.4, -0.2) is 57.2 Å². The maximum atomic E-state index is 12.6. The molecule has 1 saturated heterocycles. The van der Waals surface area contributed by atoms with E-state index in [0.717, 1.165) is 12.8 Å². The number of piperidine rings is 1. The molecule has 0 radical (unpaired) electrons. The summed E-state index contributed by atoms with van der Waals surface area (Å²) in [5, 5.41) is 16.1. The molecular weight excluding hydrogens is 364 g/mol. The van der Waals surface area contributed by atoms with Crippen LogP contribution < -0.4 is 5.32 Å². The normalized spacial score (nSPS) is 14.9. The number of aromatic nitrogens is 2. The Morgan fingerprint density at radius 1 is 1.32 bits per heavy atom. The Bertz CT molecular complexity index is 877. The van der Waals surface area contributed by atoms with Gasteiger partial charge in [0, 0.05) is 45.4 Å². The number of carbonyl (C=O) groups excluding carboxylic acids is 2.